The summed E-state index contributed by atoms with van der Waals surface area (Å²) < 4.78 is 6.77. The molecule has 0 aliphatic carbocycles. The summed E-state index contributed by atoms with van der Waals surface area (Å²) in [4.78, 5) is 4.66. The molecule has 0 aliphatic rings. The third-order valence-corrected chi connectivity index (χ3v) is 4.91. The maximum atomic E-state index is 10.2. The fraction of sp³-hybridized carbons (Fsp3) is 0. The van der Waals surface area contributed by atoms with Crippen molar-refractivity contribution in [2.75, 3.05) is 0 Å². The molecule has 0 fully saturated rings. The molecule has 25 heavy (non-hydrogen) atoms. The second-order valence-corrected chi connectivity index (χ2v) is 6.85. The quantitative estimate of drug-likeness (QED) is 0.438. The van der Waals surface area contributed by atoms with Crippen LogP contribution in [-0.4, -0.2) is 15.2 Å². The Morgan fingerprint density at radius 1 is 0.920 bits per heavy atom. The van der Waals surface area contributed by atoms with Gasteiger partial charge < -0.3 is 14.6 Å². The molecule has 124 valence electrons. The fourth-order valence-electron chi connectivity index (χ4n) is 2.45. The first-order valence-electron chi connectivity index (χ1n) is 7.45. The zero-order valence-corrected chi connectivity index (χ0v) is 14.4. The van der Waals surface area contributed by atoms with Gasteiger partial charge in [-0.2, -0.15) is 0 Å². The van der Waals surface area contributed by atoms with Crippen LogP contribution in [0.3, 0.4) is 0 Å². The highest BCUT2D eigenvalue weighted by Crippen LogP contribution is 2.36. The Labute approximate surface area is 151 Å². The topological polar surface area (TPSA) is 66.5 Å². The van der Waals surface area contributed by atoms with Crippen LogP contribution in [0.4, 0.5) is 0 Å². The van der Waals surface area contributed by atoms with Gasteiger partial charge in [0.25, 0.3) is 0 Å². The molecule has 0 spiro atoms. The Morgan fingerprint density at radius 3 is 2.60 bits per heavy atom. The molecule has 0 radical (unpaired) electrons. The summed E-state index contributed by atoms with van der Waals surface area (Å²) >= 11 is 7.47. The molecular formula is C19H12ClNO3S. The number of halogens is 1. The van der Waals surface area contributed by atoms with E-state index in [0.717, 1.165) is 4.70 Å². The number of hydrogen-bond donors (Lipinski definition) is 2. The number of fused-ring (bicyclic) bond motifs is 2. The Morgan fingerprint density at radius 2 is 1.76 bits per heavy atom. The lowest BCUT2D eigenvalue weighted by Gasteiger charge is -2.05. The molecule has 0 bridgehead atoms. The predicted octanol–water partition coefficient (Wildman–Crippen LogP) is 5.90. The van der Waals surface area contributed by atoms with E-state index in [-0.39, 0.29) is 11.5 Å². The fourth-order valence-corrected chi connectivity index (χ4v) is 3.72. The first-order valence-corrected chi connectivity index (χ1v) is 8.65. The molecule has 0 saturated heterocycles. The van der Waals surface area contributed by atoms with Gasteiger partial charge in [-0.3, -0.25) is 0 Å². The second kappa shape index (κ2) is 6.27. The van der Waals surface area contributed by atoms with Crippen molar-refractivity contribution in [3.05, 3.63) is 65.7 Å². The molecular weight excluding hydrogens is 358 g/mol. The number of aromatic hydroxyl groups is 2. The number of hydrogen-bond acceptors (Lipinski definition) is 5. The normalized spacial score (nSPS) is 10.9. The average molecular weight is 370 g/mol. The van der Waals surface area contributed by atoms with E-state index in [1.54, 1.807) is 24.3 Å². The van der Waals surface area contributed by atoms with E-state index in [1.165, 1.54) is 23.5 Å². The molecule has 2 N–H and O–H groups in total. The molecule has 0 atom stereocenters. The Bertz CT molecular complexity index is 1150. The highest BCUT2D eigenvalue weighted by Gasteiger charge is 2.10. The Kier molecular flexibility index (Phi) is 3.95. The van der Waals surface area contributed by atoms with Gasteiger partial charge in [-0.15, -0.1) is 11.3 Å². The summed E-state index contributed by atoms with van der Waals surface area (Å²) in [6, 6.07) is 17.2. The Balaban J connectivity index is 2.15. The monoisotopic (exact) mass is 369 g/mol. The molecule has 1 aromatic heterocycles. The van der Waals surface area contributed by atoms with Crippen molar-refractivity contribution in [2.24, 2.45) is 0 Å². The van der Waals surface area contributed by atoms with Gasteiger partial charge in [0, 0.05) is 11.1 Å². The van der Waals surface area contributed by atoms with E-state index >= 15 is 0 Å². The highest BCUT2D eigenvalue weighted by atomic mass is 35.5. The number of benzene rings is 3. The van der Waals surface area contributed by atoms with Crippen molar-refractivity contribution in [2.45, 2.75) is 0 Å². The minimum Gasteiger partial charge on any atom is -0.508 e. The van der Waals surface area contributed by atoms with Crippen molar-refractivity contribution in [1.82, 2.24) is 4.98 Å². The number of phenolic OH excluding ortho intramolecular Hbond substituents is 2. The van der Waals surface area contributed by atoms with Crippen LogP contribution in [0.15, 0.2) is 65.1 Å². The van der Waals surface area contributed by atoms with Gasteiger partial charge in [0.05, 0.1) is 10.3 Å². The van der Waals surface area contributed by atoms with Gasteiger partial charge in [-0.1, -0.05) is 23.7 Å². The number of para-hydroxylation sites is 2. The minimum atomic E-state index is -0.0474. The highest BCUT2D eigenvalue weighted by molar-refractivity contribution is 7.21. The van der Waals surface area contributed by atoms with Crippen molar-refractivity contribution in [1.29, 1.82) is 0 Å². The molecule has 4 aromatic rings. The molecule has 1 heterocycles. The first-order chi connectivity index (χ1) is 12.1. The smallest absolute Gasteiger partial charge is 0.153 e. The SMILES string of the molecule is Oc1ccc(-c2nc3ccccc3oc3ccc(Cl)cc3s2)c(O)c1. The van der Waals surface area contributed by atoms with E-state index in [9.17, 15) is 10.2 Å². The lowest BCUT2D eigenvalue weighted by molar-refractivity contribution is 0.452. The standard InChI is InChI=1S/C19H12ClNO3S/c20-11-5-8-17-18(9-11)25-19(13-7-6-12(22)10-15(13)23)21-14-3-1-2-4-16(14)24-17/h1-10,22-23H. The van der Waals surface area contributed by atoms with Crippen LogP contribution < -0.4 is 0 Å². The summed E-state index contributed by atoms with van der Waals surface area (Å²) in [5.74, 6) is -0.0568. The largest absolute Gasteiger partial charge is 0.508 e. The lowest BCUT2D eigenvalue weighted by atomic mass is 10.2. The van der Waals surface area contributed by atoms with E-state index in [2.05, 4.69) is 4.98 Å². The van der Waals surface area contributed by atoms with E-state index < -0.39 is 0 Å². The summed E-state index contributed by atoms with van der Waals surface area (Å²) in [5.41, 5.74) is 2.44. The number of aromatic nitrogens is 1. The van der Waals surface area contributed by atoms with Crippen LogP contribution >= 0.6 is 22.9 Å². The molecule has 3 aromatic carbocycles. The zero-order chi connectivity index (χ0) is 17.4. The number of rotatable bonds is 1. The van der Waals surface area contributed by atoms with Crippen LogP contribution in [0.2, 0.25) is 5.02 Å². The molecule has 0 aliphatic heterocycles. The summed E-state index contributed by atoms with van der Waals surface area (Å²) in [6.45, 7) is 0. The first kappa shape index (κ1) is 15.7. The van der Waals surface area contributed by atoms with Crippen LogP contribution in [-0.2, 0) is 0 Å². The minimum absolute atomic E-state index is 0.00938. The summed E-state index contributed by atoms with van der Waals surface area (Å²) in [6.07, 6.45) is 0. The zero-order valence-electron chi connectivity index (χ0n) is 12.8. The average Bonchev–Trinajstić information content (AvgIpc) is 2.56. The molecule has 0 saturated carbocycles. The van der Waals surface area contributed by atoms with E-state index in [0.29, 0.717) is 32.3 Å². The van der Waals surface area contributed by atoms with Gasteiger partial charge in [0.2, 0.25) is 0 Å². The number of nitrogens with zero attached hydrogens (tertiary/aromatic N) is 1. The van der Waals surface area contributed by atoms with Crippen molar-refractivity contribution >= 4 is 44.3 Å². The summed E-state index contributed by atoms with van der Waals surface area (Å²) in [7, 11) is 0. The molecule has 4 rings (SSSR count). The van der Waals surface area contributed by atoms with Crippen LogP contribution in [0, 0.1) is 0 Å². The molecule has 0 amide bonds. The van der Waals surface area contributed by atoms with Crippen LogP contribution in [0.1, 0.15) is 0 Å². The molecule has 0 unspecified atom stereocenters. The van der Waals surface area contributed by atoms with Gasteiger partial charge in [-0.05, 0) is 42.5 Å². The molecule has 4 nitrogen and oxygen atoms in total. The van der Waals surface area contributed by atoms with Gasteiger partial charge in [0.1, 0.15) is 27.6 Å². The third kappa shape index (κ3) is 3.12. The summed E-state index contributed by atoms with van der Waals surface area (Å²) in [5, 5.41) is 21.0. The van der Waals surface area contributed by atoms with Crippen molar-refractivity contribution in [3.8, 4) is 22.1 Å². The Hall–Kier alpha value is -2.76. The van der Waals surface area contributed by atoms with E-state index in [4.69, 9.17) is 16.0 Å². The van der Waals surface area contributed by atoms with Gasteiger partial charge in [-0.25, -0.2) is 4.98 Å². The van der Waals surface area contributed by atoms with Crippen LogP contribution in [0.25, 0.3) is 32.0 Å². The third-order valence-electron chi connectivity index (χ3n) is 3.63. The maximum absolute atomic E-state index is 10.2. The van der Waals surface area contributed by atoms with Gasteiger partial charge in [0.15, 0.2) is 5.58 Å². The van der Waals surface area contributed by atoms with Gasteiger partial charge >= 0.3 is 0 Å². The van der Waals surface area contributed by atoms with E-state index in [1.807, 2.05) is 24.3 Å². The van der Waals surface area contributed by atoms with Crippen molar-refractivity contribution in [3.63, 3.8) is 0 Å². The maximum Gasteiger partial charge on any atom is 0.153 e. The second-order valence-electron chi connectivity index (χ2n) is 5.38. The lowest BCUT2D eigenvalue weighted by Crippen LogP contribution is -1.83. The number of phenols is 2. The van der Waals surface area contributed by atoms with Crippen LogP contribution in [0.5, 0.6) is 11.5 Å². The van der Waals surface area contributed by atoms with Crippen molar-refractivity contribution < 1.29 is 14.6 Å². The predicted molar refractivity (Wildman–Crippen MR) is 101 cm³/mol. The molecule has 6 heteroatoms.